The summed E-state index contributed by atoms with van der Waals surface area (Å²) in [6, 6.07) is 5.11. The van der Waals surface area contributed by atoms with Gasteiger partial charge in [-0.3, -0.25) is 9.59 Å². The van der Waals surface area contributed by atoms with Crippen molar-refractivity contribution in [1.82, 2.24) is 0 Å². The fourth-order valence-electron chi connectivity index (χ4n) is 1.70. The second-order valence-corrected chi connectivity index (χ2v) is 5.59. The number of esters is 2. The van der Waals surface area contributed by atoms with Crippen LogP contribution in [0.3, 0.4) is 0 Å². The largest absolute Gasteiger partial charge is 0.466 e. The topological polar surface area (TPSA) is 52.6 Å². The van der Waals surface area contributed by atoms with Crippen molar-refractivity contribution in [2.45, 2.75) is 45.6 Å². The predicted molar refractivity (Wildman–Crippen MR) is 86.0 cm³/mol. The van der Waals surface area contributed by atoms with Gasteiger partial charge >= 0.3 is 11.9 Å². The molecular formula is C16H20Cl2O4. The Morgan fingerprint density at radius 3 is 2.41 bits per heavy atom. The van der Waals surface area contributed by atoms with Gasteiger partial charge in [-0.2, -0.15) is 0 Å². The summed E-state index contributed by atoms with van der Waals surface area (Å²) < 4.78 is 10.1. The lowest BCUT2D eigenvalue weighted by Crippen LogP contribution is -2.11. The SMILES string of the molecule is CCCCCOC(=O)CCC(=O)OCc1cccc(Cl)c1Cl. The van der Waals surface area contributed by atoms with Crippen LogP contribution in [0, 0.1) is 0 Å². The van der Waals surface area contributed by atoms with Gasteiger partial charge in [-0.1, -0.05) is 55.1 Å². The van der Waals surface area contributed by atoms with Gasteiger partial charge in [0.05, 0.1) is 29.5 Å². The van der Waals surface area contributed by atoms with Crippen molar-refractivity contribution < 1.29 is 19.1 Å². The Kier molecular flexibility index (Phi) is 8.94. The number of benzene rings is 1. The molecule has 22 heavy (non-hydrogen) atoms. The average Bonchev–Trinajstić information content (AvgIpc) is 2.51. The molecule has 0 saturated heterocycles. The number of ether oxygens (including phenoxy) is 2. The van der Waals surface area contributed by atoms with Crippen LogP contribution in [0.5, 0.6) is 0 Å². The Labute approximate surface area is 140 Å². The first-order valence-corrected chi connectivity index (χ1v) is 8.04. The van der Waals surface area contributed by atoms with Gasteiger partial charge in [0.1, 0.15) is 6.61 Å². The molecule has 0 fully saturated rings. The van der Waals surface area contributed by atoms with E-state index in [0.717, 1.165) is 19.3 Å². The first kappa shape index (κ1) is 18.8. The van der Waals surface area contributed by atoms with E-state index >= 15 is 0 Å². The van der Waals surface area contributed by atoms with Gasteiger partial charge in [-0.15, -0.1) is 0 Å². The van der Waals surface area contributed by atoms with Gasteiger partial charge in [0, 0.05) is 5.56 Å². The first-order valence-electron chi connectivity index (χ1n) is 7.28. The van der Waals surface area contributed by atoms with Gasteiger partial charge in [-0.25, -0.2) is 0 Å². The summed E-state index contributed by atoms with van der Waals surface area (Å²) in [5.74, 6) is -0.851. The zero-order chi connectivity index (χ0) is 16.4. The Balaban J connectivity index is 2.23. The lowest BCUT2D eigenvalue weighted by atomic mass is 10.2. The predicted octanol–water partition coefficient (Wildman–Crippen LogP) is 4.55. The lowest BCUT2D eigenvalue weighted by Gasteiger charge is -2.07. The van der Waals surface area contributed by atoms with Crippen molar-refractivity contribution in [1.29, 1.82) is 0 Å². The third kappa shape index (κ3) is 7.14. The van der Waals surface area contributed by atoms with E-state index in [1.807, 2.05) is 0 Å². The molecule has 0 spiro atoms. The molecule has 0 aliphatic rings. The van der Waals surface area contributed by atoms with E-state index in [9.17, 15) is 9.59 Å². The zero-order valence-corrected chi connectivity index (χ0v) is 14.1. The van der Waals surface area contributed by atoms with E-state index in [1.165, 1.54) is 0 Å². The molecule has 0 radical (unpaired) electrons. The number of carbonyl (C=O) groups excluding carboxylic acids is 2. The highest BCUT2D eigenvalue weighted by molar-refractivity contribution is 6.42. The normalized spacial score (nSPS) is 10.3. The minimum Gasteiger partial charge on any atom is -0.466 e. The van der Waals surface area contributed by atoms with Crippen LogP contribution in [0.15, 0.2) is 18.2 Å². The molecule has 0 saturated carbocycles. The van der Waals surface area contributed by atoms with E-state index in [-0.39, 0.29) is 25.4 Å². The van der Waals surface area contributed by atoms with E-state index in [4.69, 9.17) is 32.7 Å². The fraction of sp³-hybridized carbons (Fsp3) is 0.500. The number of carbonyl (C=O) groups is 2. The Hall–Kier alpha value is -1.26. The number of hydrogen-bond acceptors (Lipinski definition) is 4. The van der Waals surface area contributed by atoms with Crippen molar-refractivity contribution in [2.75, 3.05) is 6.61 Å². The lowest BCUT2D eigenvalue weighted by molar-refractivity contribution is -0.151. The summed E-state index contributed by atoms with van der Waals surface area (Å²) in [4.78, 5) is 23.0. The molecule has 0 aliphatic carbocycles. The van der Waals surface area contributed by atoms with Gasteiger partial charge in [0.15, 0.2) is 0 Å². The van der Waals surface area contributed by atoms with Crippen LogP contribution in [0.25, 0.3) is 0 Å². The maximum Gasteiger partial charge on any atom is 0.306 e. The first-order chi connectivity index (χ1) is 10.5. The van der Waals surface area contributed by atoms with Gasteiger partial charge in [-0.05, 0) is 12.5 Å². The molecule has 0 bridgehead atoms. The van der Waals surface area contributed by atoms with Crippen molar-refractivity contribution in [3.63, 3.8) is 0 Å². The molecule has 6 heteroatoms. The summed E-state index contributed by atoms with van der Waals surface area (Å²) in [5, 5.41) is 0.776. The average molecular weight is 347 g/mol. The van der Waals surface area contributed by atoms with Crippen LogP contribution in [0.1, 0.15) is 44.6 Å². The van der Waals surface area contributed by atoms with Gasteiger partial charge < -0.3 is 9.47 Å². The van der Waals surface area contributed by atoms with E-state index in [0.29, 0.717) is 22.2 Å². The minimum absolute atomic E-state index is 0.00913. The molecular weight excluding hydrogens is 327 g/mol. The molecule has 0 atom stereocenters. The smallest absolute Gasteiger partial charge is 0.306 e. The van der Waals surface area contributed by atoms with Crippen molar-refractivity contribution in [3.8, 4) is 0 Å². The molecule has 1 aromatic carbocycles. The van der Waals surface area contributed by atoms with Crippen molar-refractivity contribution in [3.05, 3.63) is 33.8 Å². The van der Waals surface area contributed by atoms with E-state index in [1.54, 1.807) is 18.2 Å². The standard InChI is InChI=1S/C16H20Cl2O4/c1-2-3-4-10-21-14(19)8-9-15(20)22-11-12-6-5-7-13(17)16(12)18/h5-7H,2-4,8-11H2,1H3. The molecule has 1 rings (SSSR count). The minimum atomic E-state index is -0.471. The Morgan fingerprint density at radius 2 is 1.73 bits per heavy atom. The quantitative estimate of drug-likeness (QED) is 0.486. The summed E-state index contributed by atoms with van der Waals surface area (Å²) >= 11 is 11.9. The third-order valence-corrected chi connectivity index (χ3v) is 3.82. The van der Waals surface area contributed by atoms with Crippen LogP contribution in [0.4, 0.5) is 0 Å². The molecule has 0 heterocycles. The van der Waals surface area contributed by atoms with Crippen LogP contribution in [-0.4, -0.2) is 18.5 Å². The molecule has 0 amide bonds. The third-order valence-electron chi connectivity index (χ3n) is 2.96. The second kappa shape index (κ2) is 10.5. The van der Waals surface area contributed by atoms with Crippen LogP contribution in [-0.2, 0) is 25.7 Å². The highest BCUT2D eigenvalue weighted by Crippen LogP contribution is 2.26. The van der Waals surface area contributed by atoms with Crippen molar-refractivity contribution in [2.24, 2.45) is 0 Å². The number of unbranched alkanes of at least 4 members (excludes halogenated alkanes) is 2. The van der Waals surface area contributed by atoms with Crippen LogP contribution >= 0.6 is 23.2 Å². The Morgan fingerprint density at radius 1 is 1.05 bits per heavy atom. The van der Waals surface area contributed by atoms with Gasteiger partial charge in [0.25, 0.3) is 0 Å². The Bertz CT molecular complexity index is 503. The number of rotatable bonds is 9. The summed E-state index contributed by atoms with van der Waals surface area (Å²) in [5.41, 5.74) is 0.629. The van der Waals surface area contributed by atoms with Crippen molar-refractivity contribution >= 4 is 35.1 Å². The molecule has 0 aromatic heterocycles. The fourth-order valence-corrected chi connectivity index (χ4v) is 2.08. The number of halogens is 2. The zero-order valence-electron chi connectivity index (χ0n) is 12.6. The molecule has 4 nitrogen and oxygen atoms in total. The highest BCUT2D eigenvalue weighted by Gasteiger charge is 2.11. The van der Waals surface area contributed by atoms with Gasteiger partial charge in [0.2, 0.25) is 0 Å². The van der Waals surface area contributed by atoms with Crippen LogP contribution < -0.4 is 0 Å². The number of hydrogen-bond donors (Lipinski definition) is 0. The van der Waals surface area contributed by atoms with Crippen LogP contribution in [0.2, 0.25) is 10.0 Å². The maximum absolute atomic E-state index is 11.6. The molecule has 0 unspecified atom stereocenters. The second-order valence-electron chi connectivity index (χ2n) is 4.80. The monoisotopic (exact) mass is 346 g/mol. The van der Waals surface area contributed by atoms with E-state index < -0.39 is 5.97 Å². The maximum atomic E-state index is 11.6. The van der Waals surface area contributed by atoms with E-state index in [2.05, 4.69) is 6.92 Å². The summed E-state index contributed by atoms with van der Waals surface area (Å²) in [7, 11) is 0. The molecule has 0 aliphatic heterocycles. The highest BCUT2D eigenvalue weighted by atomic mass is 35.5. The summed E-state index contributed by atoms with van der Waals surface area (Å²) in [6.07, 6.45) is 2.95. The summed E-state index contributed by atoms with van der Waals surface area (Å²) in [6.45, 7) is 2.51. The molecule has 0 N–H and O–H groups in total. The molecule has 1 aromatic rings. The molecule has 122 valence electrons.